The first-order valence-corrected chi connectivity index (χ1v) is 10.9. The van der Waals surface area contributed by atoms with Gasteiger partial charge in [-0.05, 0) is 35.6 Å². The van der Waals surface area contributed by atoms with Gasteiger partial charge in [-0.1, -0.05) is 94.7 Å². The Morgan fingerprint density at radius 1 is 0.828 bits per heavy atom. The minimum atomic E-state index is -1.02. The van der Waals surface area contributed by atoms with Gasteiger partial charge < -0.3 is 10.2 Å². The first kappa shape index (κ1) is 24.7. The number of carboxylic acids is 2. The first-order chi connectivity index (χ1) is 14.0. The second-order valence-corrected chi connectivity index (χ2v) is 7.63. The lowest BCUT2D eigenvalue weighted by Crippen LogP contribution is -2.03. The van der Waals surface area contributed by atoms with E-state index < -0.39 is 11.9 Å². The van der Waals surface area contributed by atoms with Gasteiger partial charge in [0.05, 0.1) is 12.8 Å². The molecular formula is C25H36O4. The Morgan fingerprint density at radius 3 is 1.97 bits per heavy atom. The fourth-order valence-corrected chi connectivity index (χ4v) is 3.33. The van der Waals surface area contributed by atoms with Gasteiger partial charge in [-0.2, -0.15) is 0 Å². The van der Waals surface area contributed by atoms with E-state index in [0.29, 0.717) is 5.57 Å². The summed E-state index contributed by atoms with van der Waals surface area (Å²) < 4.78 is 0. The van der Waals surface area contributed by atoms with Crippen molar-refractivity contribution in [1.82, 2.24) is 0 Å². The molecule has 0 atom stereocenters. The van der Waals surface area contributed by atoms with E-state index in [1.54, 1.807) is 6.08 Å². The Bertz CT molecular complexity index is 655. The predicted octanol–water partition coefficient (Wildman–Crippen LogP) is 6.95. The molecule has 0 aromatic heterocycles. The summed E-state index contributed by atoms with van der Waals surface area (Å²) in [4.78, 5) is 21.9. The van der Waals surface area contributed by atoms with E-state index in [4.69, 9.17) is 10.2 Å². The lowest BCUT2D eigenvalue weighted by atomic mass is 10.0. The van der Waals surface area contributed by atoms with Gasteiger partial charge in [0.1, 0.15) is 0 Å². The molecule has 0 fully saturated rings. The van der Waals surface area contributed by atoms with Gasteiger partial charge in [0.2, 0.25) is 0 Å². The quantitative estimate of drug-likeness (QED) is 0.294. The lowest BCUT2D eigenvalue weighted by Gasteiger charge is -2.03. The minimum absolute atomic E-state index is 0.259. The van der Waals surface area contributed by atoms with Crippen LogP contribution in [0.4, 0.5) is 0 Å². The molecule has 0 radical (unpaired) electrons. The maximum atomic E-state index is 10.9. The van der Waals surface area contributed by atoms with Gasteiger partial charge in [0, 0.05) is 0 Å². The third-order valence-electron chi connectivity index (χ3n) is 4.82. The monoisotopic (exact) mass is 400 g/mol. The molecule has 0 aliphatic carbocycles. The van der Waals surface area contributed by atoms with Crippen LogP contribution in [0.2, 0.25) is 0 Å². The second-order valence-electron chi connectivity index (χ2n) is 7.63. The molecule has 1 aromatic carbocycles. The Hall–Kier alpha value is -2.36. The largest absolute Gasteiger partial charge is 0.481 e. The van der Waals surface area contributed by atoms with Crippen LogP contribution in [-0.4, -0.2) is 22.2 Å². The van der Waals surface area contributed by atoms with E-state index in [0.717, 1.165) is 17.5 Å². The molecule has 4 heteroatoms. The molecule has 1 aromatic rings. The van der Waals surface area contributed by atoms with Crippen molar-refractivity contribution in [1.29, 1.82) is 0 Å². The smallest absolute Gasteiger partial charge is 0.307 e. The number of unbranched alkanes of at least 4 members (excludes halogenated alkanes) is 9. The van der Waals surface area contributed by atoms with E-state index in [1.807, 2.05) is 24.3 Å². The van der Waals surface area contributed by atoms with Gasteiger partial charge >= 0.3 is 11.9 Å². The Kier molecular flexibility index (Phi) is 13.2. The molecule has 0 saturated heterocycles. The van der Waals surface area contributed by atoms with Crippen molar-refractivity contribution < 1.29 is 19.8 Å². The topological polar surface area (TPSA) is 74.6 Å². The second kappa shape index (κ2) is 15.5. The third-order valence-corrected chi connectivity index (χ3v) is 4.82. The lowest BCUT2D eigenvalue weighted by molar-refractivity contribution is -0.136. The number of hydrogen-bond donors (Lipinski definition) is 2. The van der Waals surface area contributed by atoms with Crippen molar-refractivity contribution in [2.24, 2.45) is 0 Å². The number of benzene rings is 1. The van der Waals surface area contributed by atoms with E-state index in [9.17, 15) is 9.59 Å². The van der Waals surface area contributed by atoms with Crippen LogP contribution in [0.15, 0.2) is 35.9 Å². The van der Waals surface area contributed by atoms with Crippen LogP contribution in [0, 0.1) is 0 Å². The van der Waals surface area contributed by atoms with E-state index in [-0.39, 0.29) is 12.8 Å². The van der Waals surface area contributed by atoms with Crippen LogP contribution in [0.25, 0.3) is 12.2 Å². The fourth-order valence-electron chi connectivity index (χ4n) is 3.33. The maximum Gasteiger partial charge on any atom is 0.307 e. The van der Waals surface area contributed by atoms with Crippen molar-refractivity contribution in [3.63, 3.8) is 0 Å². The van der Waals surface area contributed by atoms with E-state index >= 15 is 0 Å². The molecular weight excluding hydrogens is 364 g/mol. The summed E-state index contributed by atoms with van der Waals surface area (Å²) in [5.74, 6) is -2.04. The number of aliphatic carboxylic acids is 2. The average molecular weight is 401 g/mol. The van der Waals surface area contributed by atoms with Crippen molar-refractivity contribution in [3.05, 3.63) is 47.0 Å². The van der Waals surface area contributed by atoms with Gasteiger partial charge in [-0.25, -0.2) is 0 Å². The number of carboxylic acid groups (broad SMARTS) is 2. The van der Waals surface area contributed by atoms with Crippen LogP contribution in [0.1, 0.15) is 95.1 Å². The Morgan fingerprint density at radius 2 is 1.38 bits per heavy atom. The highest BCUT2D eigenvalue weighted by Crippen LogP contribution is 2.16. The zero-order valence-electron chi connectivity index (χ0n) is 17.7. The zero-order valence-corrected chi connectivity index (χ0v) is 17.7. The summed E-state index contributed by atoms with van der Waals surface area (Å²) in [5, 5.41) is 17.9. The highest BCUT2D eigenvalue weighted by atomic mass is 16.4. The van der Waals surface area contributed by atoms with Gasteiger partial charge in [-0.3, -0.25) is 9.59 Å². The highest BCUT2D eigenvalue weighted by molar-refractivity contribution is 5.78. The third kappa shape index (κ3) is 13.4. The van der Waals surface area contributed by atoms with Crippen molar-refractivity contribution in [3.8, 4) is 0 Å². The van der Waals surface area contributed by atoms with Gasteiger partial charge in [0.15, 0.2) is 0 Å². The van der Waals surface area contributed by atoms with Crippen molar-refractivity contribution in [2.75, 3.05) is 0 Å². The first-order valence-electron chi connectivity index (χ1n) is 10.9. The standard InChI is InChI=1S/C25H36O4/c1-2-3-4-5-6-7-8-9-10-11-12-14-21-15-13-16-22(17-21)18-23(19-24(26)27)20-25(28)29/h12-18H,2-11,19-20H2,1H3,(H,26,27)(H,28,29)/b14-12-. The van der Waals surface area contributed by atoms with Crippen molar-refractivity contribution >= 4 is 24.1 Å². The number of hydrogen-bond acceptors (Lipinski definition) is 2. The zero-order chi connectivity index (χ0) is 21.3. The van der Waals surface area contributed by atoms with E-state index in [2.05, 4.69) is 19.1 Å². The molecule has 0 aliphatic rings. The summed E-state index contributed by atoms with van der Waals surface area (Å²) >= 11 is 0. The summed E-state index contributed by atoms with van der Waals surface area (Å²) in [6, 6.07) is 7.72. The molecule has 0 bridgehead atoms. The SMILES string of the molecule is CCCCCCCCCCC/C=C\c1cccc(C=C(CC(=O)O)CC(=O)O)c1. The van der Waals surface area contributed by atoms with Crippen LogP contribution >= 0.6 is 0 Å². The molecule has 0 heterocycles. The van der Waals surface area contributed by atoms with Gasteiger partial charge in [-0.15, -0.1) is 0 Å². The van der Waals surface area contributed by atoms with Crippen LogP contribution in [0.5, 0.6) is 0 Å². The molecule has 0 amide bonds. The van der Waals surface area contributed by atoms with Crippen LogP contribution in [0.3, 0.4) is 0 Å². The summed E-state index contributed by atoms with van der Waals surface area (Å²) in [5.41, 5.74) is 2.26. The molecule has 0 saturated carbocycles. The average Bonchev–Trinajstić information content (AvgIpc) is 2.65. The molecule has 1 rings (SSSR count). The summed E-state index contributed by atoms with van der Waals surface area (Å²) in [6.07, 6.45) is 18.4. The van der Waals surface area contributed by atoms with Crippen LogP contribution in [-0.2, 0) is 9.59 Å². The molecule has 29 heavy (non-hydrogen) atoms. The van der Waals surface area contributed by atoms with Crippen LogP contribution < -0.4 is 0 Å². The highest BCUT2D eigenvalue weighted by Gasteiger charge is 2.08. The molecule has 160 valence electrons. The molecule has 2 N–H and O–H groups in total. The number of carbonyl (C=O) groups is 2. The fraction of sp³-hybridized carbons (Fsp3) is 0.520. The molecule has 0 aliphatic heterocycles. The number of allylic oxidation sites excluding steroid dienone is 1. The molecule has 0 unspecified atom stereocenters. The summed E-state index contributed by atoms with van der Waals surface area (Å²) in [6.45, 7) is 2.25. The predicted molar refractivity (Wildman–Crippen MR) is 120 cm³/mol. The minimum Gasteiger partial charge on any atom is -0.481 e. The van der Waals surface area contributed by atoms with E-state index in [1.165, 1.54) is 57.8 Å². The van der Waals surface area contributed by atoms with Gasteiger partial charge in [0.25, 0.3) is 0 Å². The Labute approximate surface area is 175 Å². The Balaban J connectivity index is 2.41. The number of rotatable bonds is 16. The van der Waals surface area contributed by atoms with Crippen molar-refractivity contribution in [2.45, 2.75) is 84.0 Å². The summed E-state index contributed by atoms with van der Waals surface area (Å²) in [7, 11) is 0. The maximum absolute atomic E-state index is 10.9. The molecule has 0 spiro atoms. The molecule has 4 nitrogen and oxygen atoms in total. The normalized spacial score (nSPS) is 10.9.